The molecule has 10 heavy (non-hydrogen) atoms. The normalized spacial score (nSPS) is 28.8. The van der Waals surface area contributed by atoms with E-state index in [1.165, 1.54) is 12.8 Å². The monoisotopic (exact) mass is 144 g/mol. The molecule has 0 spiro atoms. The van der Waals surface area contributed by atoms with Gasteiger partial charge in [-0.2, -0.15) is 0 Å². The van der Waals surface area contributed by atoms with Crippen molar-refractivity contribution in [3.63, 3.8) is 0 Å². The summed E-state index contributed by atoms with van der Waals surface area (Å²) in [6, 6.07) is 0. The van der Waals surface area contributed by atoms with Crippen molar-refractivity contribution in [3.8, 4) is 0 Å². The summed E-state index contributed by atoms with van der Waals surface area (Å²) in [5.74, 6) is 0. The summed E-state index contributed by atoms with van der Waals surface area (Å²) in [6.45, 7) is 2.17. The largest absolute Gasteiger partial charge is 0.380 e. The average Bonchev–Trinajstić information content (AvgIpc) is 2.05. The summed E-state index contributed by atoms with van der Waals surface area (Å²) in [5, 5.41) is 2.19. The van der Waals surface area contributed by atoms with Crippen molar-refractivity contribution in [3.05, 3.63) is 0 Å². The minimum atomic E-state index is 0.432. The fourth-order valence-electron chi connectivity index (χ4n) is 1.33. The number of nitrogens with one attached hydrogen (secondary N) is 1. The van der Waals surface area contributed by atoms with Gasteiger partial charge in [-0.05, 0) is 19.9 Å². The van der Waals surface area contributed by atoms with E-state index in [2.05, 4.69) is 10.4 Å². The maximum atomic E-state index is 5.24. The third-order valence-corrected chi connectivity index (χ3v) is 2.03. The quantitative estimate of drug-likeness (QED) is 0.600. The standard InChI is InChI=1S/C7H16N2O/c1-8-9-5-3-4-7(6-9)10-2/h7-8H,3-6H2,1-2H3. The van der Waals surface area contributed by atoms with Gasteiger partial charge in [0.25, 0.3) is 0 Å². The van der Waals surface area contributed by atoms with Crippen LogP contribution in [0.15, 0.2) is 0 Å². The minimum absolute atomic E-state index is 0.432. The molecule has 3 nitrogen and oxygen atoms in total. The van der Waals surface area contributed by atoms with Crippen LogP contribution in [0, 0.1) is 0 Å². The Bertz CT molecular complexity index is 87.6. The highest BCUT2D eigenvalue weighted by Crippen LogP contribution is 2.09. The van der Waals surface area contributed by atoms with Crippen LogP contribution in [0.2, 0.25) is 0 Å². The molecule has 1 aliphatic rings. The van der Waals surface area contributed by atoms with E-state index in [-0.39, 0.29) is 0 Å². The molecule has 60 valence electrons. The Balaban J connectivity index is 2.25. The number of rotatable bonds is 2. The van der Waals surface area contributed by atoms with Gasteiger partial charge in [-0.1, -0.05) is 0 Å². The van der Waals surface area contributed by atoms with Gasteiger partial charge in [-0.3, -0.25) is 5.43 Å². The molecule has 0 aliphatic carbocycles. The topological polar surface area (TPSA) is 24.5 Å². The third kappa shape index (κ3) is 1.94. The first-order chi connectivity index (χ1) is 4.86. The predicted octanol–water partition coefficient (Wildman–Crippen LogP) is 0.232. The lowest BCUT2D eigenvalue weighted by Crippen LogP contribution is -2.45. The molecular formula is C7H16N2O. The Labute approximate surface area is 62.3 Å². The van der Waals surface area contributed by atoms with E-state index in [0.29, 0.717) is 6.10 Å². The van der Waals surface area contributed by atoms with Crippen molar-refractivity contribution in [1.29, 1.82) is 0 Å². The Morgan fingerprint density at radius 3 is 3.00 bits per heavy atom. The molecule has 1 saturated heterocycles. The second kappa shape index (κ2) is 3.91. The van der Waals surface area contributed by atoms with E-state index < -0.39 is 0 Å². The highest BCUT2D eigenvalue weighted by Gasteiger charge is 2.17. The number of hydrazine groups is 1. The first kappa shape index (κ1) is 7.98. The maximum absolute atomic E-state index is 5.24. The zero-order valence-electron chi connectivity index (χ0n) is 6.76. The summed E-state index contributed by atoms with van der Waals surface area (Å²) in [4.78, 5) is 0. The molecule has 1 heterocycles. The molecule has 0 radical (unpaired) electrons. The van der Waals surface area contributed by atoms with Gasteiger partial charge >= 0.3 is 0 Å². The Morgan fingerprint density at radius 2 is 2.40 bits per heavy atom. The molecule has 1 unspecified atom stereocenters. The van der Waals surface area contributed by atoms with Crippen molar-refractivity contribution in [1.82, 2.24) is 10.4 Å². The number of piperidine rings is 1. The van der Waals surface area contributed by atoms with Crippen LogP contribution in [0.25, 0.3) is 0 Å². The van der Waals surface area contributed by atoms with E-state index >= 15 is 0 Å². The van der Waals surface area contributed by atoms with Crippen LogP contribution in [-0.2, 0) is 4.74 Å². The second-order valence-electron chi connectivity index (χ2n) is 2.67. The zero-order chi connectivity index (χ0) is 7.40. The number of nitrogens with zero attached hydrogens (tertiary/aromatic N) is 1. The van der Waals surface area contributed by atoms with Gasteiger partial charge in [0, 0.05) is 20.2 Å². The van der Waals surface area contributed by atoms with E-state index in [1.54, 1.807) is 7.11 Å². The van der Waals surface area contributed by atoms with Crippen molar-refractivity contribution >= 4 is 0 Å². The lowest BCUT2D eigenvalue weighted by molar-refractivity contribution is 0.0149. The number of methoxy groups -OCH3 is 1. The first-order valence-electron chi connectivity index (χ1n) is 3.82. The summed E-state index contributed by atoms with van der Waals surface area (Å²) < 4.78 is 5.24. The van der Waals surface area contributed by atoms with Crippen molar-refractivity contribution < 1.29 is 4.74 Å². The third-order valence-electron chi connectivity index (χ3n) is 2.03. The molecule has 1 aliphatic heterocycles. The van der Waals surface area contributed by atoms with Crippen LogP contribution in [0.3, 0.4) is 0 Å². The van der Waals surface area contributed by atoms with Crippen LogP contribution >= 0.6 is 0 Å². The molecule has 1 N–H and O–H groups in total. The molecule has 1 fully saturated rings. The second-order valence-corrected chi connectivity index (χ2v) is 2.67. The summed E-state index contributed by atoms with van der Waals surface area (Å²) >= 11 is 0. The maximum Gasteiger partial charge on any atom is 0.0712 e. The molecule has 0 aromatic rings. The van der Waals surface area contributed by atoms with Crippen LogP contribution in [0.4, 0.5) is 0 Å². The zero-order valence-corrected chi connectivity index (χ0v) is 6.76. The molecule has 3 heteroatoms. The fourth-order valence-corrected chi connectivity index (χ4v) is 1.33. The minimum Gasteiger partial charge on any atom is -0.380 e. The summed E-state index contributed by atoms with van der Waals surface area (Å²) in [5.41, 5.74) is 3.12. The Morgan fingerprint density at radius 1 is 1.60 bits per heavy atom. The van der Waals surface area contributed by atoms with Crippen molar-refractivity contribution in [2.24, 2.45) is 0 Å². The van der Waals surface area contributed by atoms with Gasteiger partial charge in [-0.25, -0.2) is 5.01 Å². The Hall–Kier alpha value is -0.120. The lowest BCUT2D eigenvalue weighted by atomic mass is 10.1. The van der Waals surface area contributed by atoms with Gasteiger partial charge in [0.15, 0.2) is 0 Å². The Kier molecular flexibility index (Phi) is 3.12. The highest BCUT2D eigenvalue weighted by molar-refractivity contribution is 4.69. The van der Waals surface area contributed by atoms with E-state index in [0.717, 1.165) is 13.1 Å². The lowest BCUT2D eigenvalue weighted by Gasteiger charge is -2.30. The van der Waals surface area contributed by atoms with Crippen molar-refractivity contribution in [2.45, 2.75) is 18.9 Å². The number of hydrogen-bond acceptors (Lipinski definition) is 3. The van der Waals surface area contributed by atoms with Crippen LogP contribution < -0.4 is 5.43 Å². The van der Waals surface area contributed by atoms with Gasteiger partial charge in [-0.15, -0.1) is 0 Å². The molecule has 1 rings (SSSR count). The molecule has 1 atom stereocenters. The van der Waals surface area contributed by atoms with Crippen LogP contribution in [-0.4, -0.2) is 38.4 Å². The van der Waals surface area contributed by atoms with Gasteiger partial charge < -0.3 is 4.74 Å². The molecule has 0 bridgehead atoms. The highest BCUT2D eigenvalue weighted by atomic mass is 16.5. The molecule has 0 saturated carbocycles. The molecule has 0 aromatic heterocycles. The van der Waals surface area contributed by atoms with Crippen LogP contribution in [0.1, 0.15) is 12.8 Å². The van der Waals surface area contributed by atoms with E-state index in [4.69, 9.17) is 4.74 Å². The molecule has 0 amide bonds. The summed E-state index contributed by atoms with van der Waals surface area (Å²) in [7, 11) is 3.74. The van der Waals surface area contributed by atoms with E-state index in [9.17, 15) is 0 Å². The van der Waals surface area contributed by atoms with Gasteiger partial charge in [0.1, 0.15) is 0 Å². The molecule has 0 aromatic carbocycles. The van der Waals surface area contributed by atoms with Crippen molar-refractivity contribution in [2.75, 3.05) is 27.2 Å². The fraction of sp³-hybridized carbons (Fsp3) is 1.00. The smallest absolute Gasteiger partial charge is 0.0712 e. The number of hydrogen-bond donors (Lipinski definition) is 1. The van der Waals surface area contributed by atoms with Gasteiger partial charge in [0.05, 0.1) is 6.10 Å². The average molecular weight is 144 g/mol. The summed E-state index contributed by atoms with van der Waals surface area (Å²) in [6.07, 6.45) is 2.87. The first-order valence-corrected chi connectivity index (χ1v) is 3.82. The molecular weight excluding hydrogens is 128 g/mol. The van der Waals surface area contributed by atoms with E-state index in [1.807, 2.05) is 7.05 Å². The SMILES string of the molecule is CNN1CCCC(OC)C1. The number of ether oxygens (including phenoxy) is 1. The van der Waals surface area contributed by atoms with Crippen LogP contribution in [0.5, 0.6) is 0 Å². The van der Waals surface area contributed by atoms with Gasteiger partial charge in [0.2, 0.25) is 0 Å². The predicted molar refractivity (Wildman–Crippen MR) is 40.7 cm³/mol.